The number of nitrogens with zero attached hydrogens (tertiary/aromatic N) is 1. The van der Waals surface area contributed by atoms with Crippen LogP contribution >= 0.6 is 0 Å². The Labute approximate surface area is 125 Å². The molecule has 0 saturated carbocycles. The topological polar surface area (TPSA) is 22.3 Å². The van der Waals surface area contributed by atoms with Gasteiger partial charge in [0, 0.05) is 12.1 Å². The van der Waals surface area contributed by atoms with Gasteiger partial charge in [-0.3, -0.25) is 0 Å². The summed E-state index contributed by atoms with van der Waals surface area (Å²) in [6, 6.07) is 12.4. The highest BCUT2D eigenvalue weighted by Gasteiger charge is 2.20. The number of hydrogen-bond acceptors (Lipinski definition) is 2. The van der Waals surface area contributed by atoms with Gasteiger partial charge in [-0.25, -0.2) is 0 Å². The largest absolute Gasteiger partial charge is 1.00 e. The number of halogens is 1. The summed E-state index contributed by atoms with van der Waals surface area (Å²) in [5.41, 5.74) is 3.70. The minimum absolute atomic E-state index is 0. The average Bonchev–Trinajstić information content (AvgIpc) is 2.64. The molecule has 2 aromatic rings. The van der Waals surface area contributed by atoms with E-state index in [1.54, 1.807) is 0 Å². The van der Waals surface area contributed by atoms with Crippen molar-refractivity contribution in [2.45, 2.75) is 33.0 Å². The highest BCUT2D eigenvalue weighted by Crippen LogP contribution is 2.17. The van der Waals surface area contributed by atoms with Crippen LogP contribution in [0, 0.1) is 6.92 Å². The van der Waals surface area contributed by atoms with Gasteiger partial charge in [-0.05, 0) is 23.6 Å². The van der Waals surface area contributed by atoms with Crippen LogP contribution < -0.4 is 17.0 Å². The highest BCUT2D eigenvalue weighted by atomic mass is 35.5. The molecule has 0 unspecified atom stereocenters. The Kier molecular flexibility index (Phi) is 5.12. The van der Waals surface area contributed by atoms with E-state index in [0.29, 0.717) is 19.8 Å². The van der Waals surface area contributed by atoms with E-state index in [2.05, 4.69) is 48.1 Å². The van der Waals surface area contributed by atoms with Crippen LogP contribution in [0.4, 0.5) is 0 Å². The number of rotatable bonds is 2. The number of pyridine rings is 1. The lowest BCUT2D eigenvalue weighted by Crippen LogP contribution is -3.00. The van der Waals surface area contributed by atoms with Crippen LogP contribution in [0.3, 0.4) is 0 Å². The molecule has 1 aromatic carbocycles. The monoisotopic (exact) mass is 291 g/mol. The quantitative estimate of drug-likeness (QED) is 0.687. The van der Waals surface area contributed by atoms with E-state index in [-0.39, 0.29) is 18.7 Å². The van der Waals surface area contributed by atoms with Crippen molar-refractivity contribution in [3.8, 4) is 0 Å². The van der Waals surface area contributed by atoms with E-state index >= 15 is 0 Å². The standard InChI is InChI=1S/C16H18NO2.ClH/c1-13-6-8-17(9-7-13)10-16-18-11-14-4-2-3-5-15(14)12-19-16;/h2-9,16H,10-12H2,1H3;1H/q+1;/p-1. The fourth-order valence-corrected chi connectivity index (χ4v) is 2.18. The predicted octanol–water partition coefficient (Wildman–Crippen LogP) is -0.640. The molecule has 2 heterocycles. The minimum Gasteiger partial charge on any atom is -1.00 e. The molecule has 0 radical (unpaired) electrons. The number of ether oxygens (including phenoxy) is 2. The van der Waals surface area contributed by atoms with Gasteiger partial charge in [-0.1, -0.05) is 24.3 Å². The van der Waals surface area contributed by atoms with Crippen LogP contribution in [-0.2, 0) is 29.2 Å². The summed E-state index contributed by atoms with van der Waals surface area (Å²) in [5, 5.41) is 0. The molecule has 1 aliphatic heterocycles. The van der Waals surface area contributed by atoms with Gasteiger partial charge < -0.3 is 21.9 Å². The number of aromatic nitrogens is 1. The first kappa shape index (κ1) is 15.0. The number of aryl methyl sites for hydroxylation is 1. The third-order valence-electron chi connectivity index (χ3n) is 3.39. The summed E-state index contributed by atoms with van der Waals surface area (Å²) in [6.45, 7) is 4.04. The normalized spacial score (nSPS) is 15.1. The molecule has 0 spiro atoms. The molecule has 3 rings (SSSR count). The molecule has 0 fully saturated rings. The molecular formula is C16H18ClNO2. The van der Waals surface area contributed by atoms with Gasteiger partial charge in [-0.15, -0.1) is 0 Å². The second-order valence-corrected chi connectivity index (χ2v) is 4.89. The van der Waals surface area contributed by atoms with Crippen molar-refractivity contribution in [1.82, 2.24) is 0 Å². The maximum atomic E-state index is 5.82. The average molecular weight is 292 g/mol. The van der Waals surface area contributed by atoms with Gasteiger partial charge in [0.25, 0.3) is 0 Å². The Morgan fingerprint density at radius 1 is 1.00 bits per heavy atom. The van der Waals surface area contributed by atoms with E-state index in [4.69, 9.17) is 9.47 Å². The van der Waals surface area contributed by atoms with Crippen molar-refractivity contribution >= 4 is 0 Å². The Morgan fingerprint density at radius 2 is 1.55 bits per heavy atom. The summed E-state index contributed by atoms with van der Waals surface area (Å²) in [5.74, 6) is 0. The SMILES string of the molecule is Cc1cc[n+](CC2OCc3ccccc3CO2)cc1.[Cl-]. The molecule has 1 aromatic heterocycles. The third-order valence-corrected chi connectivity index (χ3v) is 3.39. The van der Waals surface area contributed by atoms with Crippen molar-refractivity contribution in [2.24, 2.45) is 0 Å². The Balaban J connectivity index is 0.00000147. The molecule has 1 aliphatic rings. The molecule has 0 saturated heterocycles. The van der Waals surface area contributed by atoms with Crippen molar-refractivity contribution in [3.63, 3.8) is 0 Å². The maximum Gasteiger partial charge on any atom is 0.218 e. The first-order chi connectivity index (χ1) is 9.31. The summed E-state index contributed by atoms with van der Waals surface area (Å²) in [6.07, 6.45) is 3.92. The fourth-order valence-electron chi connectivity index (χ4n) is 2.18. The van der Waals surface area contributed by atoms with Gasteiger partial charge in [0.1, 0.15) is 0 Å². The van der Waals surface area contributed by atoms with Crippen molar-refractivity contribution < 1.29 is 26.4 Å². The number of hydrogen-bond donors (Lipinski definition) is 0. The molecule has 4 heteroatoms. The van der Waals surface area contributed by atoms with Crippen molar-refractivity contribution in [3.05, 3.63) is 65.5 Å². The second-order valence-electron chi connectivity index (χ2n) is 4.89. The Hall–Kier alpha value is -1.42. The van der Waals surface area contributed by atoms with Crippen LogP contribution in [0.2, 0.25) is 0 Å². The van der Waals surface area contributed by atoms with Crippen LogP contribution in [0.15, 0.2) is 48.8 Å². The smallest absolute Gasteiger partial charge is 0.218 e. The zero-order chi connectivity index (χ0) is 13.1. The molecule has 3 nitrogen and oxygen atoms in total. The highest BCUT2D eigenvalue weighted by molar-refractivity contribution is 5.26. The molecule has 0 N–H and O–H groups in total. The summed E-state index contributed by atoms with van der Waals surface area (Å²) in [7, 11) is 0. The molecule has 0 aliphatic carbocycles. The Morgan fingerprint density at radius 3 is 2.10 bits per heavy atom. The second kappa shape index (κ2) is 6.84. The van der Waals surface area contributed by atoms with Gasteiger partial charge in [0.05, 0.1) is 13.2 Å². The van der Waals surface area contributed by atoms with E-state index in [0.717, 1.165) is 0 Å². The number of fused-ring (bicyclic) bond motifs is 1. The third kappa shape index (κ3) is 3.57. The first-order valence-corrected chi connectivity index (χ1v) is 6.57. The minimum atomic E-state index is -0.194. The summed E-state index contributed by atoms with van der Waals surface area (Å²) >= 11 is 0. The van der Waals surface area contributed by atoms with E-state index < -0.39 is 0 Å². The maximum absolute atomic E-state index is 5.82. The summed E-state index contributed by atoms with van der Waals surface area (Å²) in [4.78, 5) is 0. The van der Waals surface area contributed by atoms with Gasteiger partial charge >= 0.3 is 0 Å². The Bertz CT molecular complexity index is 530. The summed E-state index contributed by atoms with van der Waals surface area (Å²) < 4.78 is 13.7. The first-order valence-electron chi connectivity index (χ1n) is 6.57. The molecule has 0 bridgehead atoms. The van der Waals surface area contributed by atoms with Crippen molar-refractivity contribution in [1.29, 1.82) is 0 Å². The zero-order valence-electron chi connectivity index (χ0n) is 11.5. The fraction of sp³-hybridized carbons (Fsp3) is 0.312. The molecular weight excluding hydrogens is 274 g/mol. The van der Waals surface area contributed by atoms with E-state index in [9.17, 15) is 0 Å². The van der Waals surface area contributed by atoms with E-state index in [1.165, 1.54) is 16.7 Å². The van der Waals surface area contributed by atoms with Crippen molar-refractivity contribution in [2.75, 3.05) is 0 Å². The van der Waals surface area contributed by atoms with Crippen LogP contribution in [0.5, 0.6) is 0 Å². The van der Waals surface area contributed by atoms with Gasteiger partial charge in [0.2, 0.25) is 6.29 Å². The lowest BCUT2D eigenvalue weighted by atomic mass is 10.1. The molecule has 0 atom stereocenters. The van der Waals surface area contributed by atoms with Crippen LogP contribution in [-0.4, -0.2) is 6.29 Å². The van der Waals surface area contributed by atoms with Gasteiger partial charge in [0.15, 0.2) is 18.9 Å². The lowest BCUT2D eigenvalue weighted by molar-refractivity contribution is -0.711. The van der Waals surface area contributed by atoms with Crippen LogP contribution in [0.25, 0.3) is 0 Å². The molecule has 106 valence electrons. The molecule has 0 amide bonds. The lowest BCUT2D eigenvalue weighted by Gasteiger charge is -2.11. The van der Waals surface area contributed by atoms with E-state index in [1.807, 2.05) is 12.1 Å². The number of benzene rings is 1. The van der Waals surface area contributed by atoms with Gasteiger partial charge in [-0.2, -0.15) is 4.57 Å². The molecule has 20 heavy (non-hydrogen) atoms. The zero-order valence-corrected chi connectivity index (χ0v) is 12.2. The van der Waals surface area contributed by atoms with Crippen LogP contribution in [0.1, 0.15) is 16.7 Å². The predicted molar refractivity (Wildman–Crippen MR) is 71.2 cm³/mol.